The fourth-order valence-corrected chi connectivity index (χ4v) is 3.28. The van der Waals surface area contributed by atoms with Crippen LogP contribution in [0.2, 0.25) is 0 Å². The van der Waals surface area contributed by atoms with Crippen molar-refractivity contribution in [3.05, 3.63) is 65.5 Å². The van der Waals surface area contributed by atoms with E-state index in [2.05, 4.69) is 51.7 Å². The van der Waals surface area contributed by atoms with Crippen LogP contribution < -0.4 is 15.5 Å². The fourth-order valence-electron chi connectivity index (χ4n) is 3.28. The van der Waals surface area contributed by atoms with Crippen molar-refractivity contribution < 1.29 is 4.39 Å². The van der Waals surface area contributed by atoms with Crippen molar-refractivity contribution >= 4 is 11.6 Å². The van der Waals surface area contributed by atoms with Gasteiger partial charge in [0.05, 0.1) is 6.04 Å². The number of aliphatic imine (C=N–C) groups is 1. The molecule has 1 fully saturated rings. The Morgan fingerprint density at radius 3 is 2.65 bits per heavy atom. The second-order valence-electron chi connectivity index (χ2n) is 6.71. The summed E-state index contributed by atoms with van der Waals surface area (Å²) in [6.07, 6.45) is 2.54. The third-order valence-corrected chi connectivity index (χ3v) is 4.77. The Morgan fingerprint density at radius 1 is 1.15 bits per heavy atom. The molecule has 1 aliphatic heterocycles. The monoisotopic (exact) mass is 354 g/mol. The maximum absolute atomic E-state index is 13.3. The van der Waals surface area contributed by atoms with Crippen LogP contribution in [0.1, 0.15) is 36.9 Å². The predicted octanol–water partition coefficient (Wildman–Crippen LogP) is 3.85. The zero-order valence-electron chi connectivity index (χ0n) is 15.5. The van der Waals surface area contributed by atoms with Gasteiger partial charge in [-0.3, -0.25) is 4.99 Å². The van der Waals surface area contributed by atoms with Gasteiger partial charge in [0.1, 0.15) is 5.82 Å². The SMILES string of the molecule is CN=C(NCc1cccc(F)c1)NC(C)c1cccc(N2CCCC2)c1. The lowest BCUT2D eigenvalue weighted by atomic mass is 10.1. The van der Waals surface area contributed by atoms with Gasteiger partial charge in [0, 0.05) is 32.4 Å². The van der Waals surface area contributed by atoms with Gasteiger partial charge in [0.15, 0.2) is 5.96 Å². The molecule has 1 saturated heterocycles. The van der Waals surface area contributed by atoms with E-state index in [0.29, 0.717) is 12.5 Å². The molecule has 0 aliphatic carbocycles. The lowest BCUT2D eigenvalue weighted by Crippen LogP contribution is -2.38. The molecule has 0 spiro atoms. The zero-order chi connectivity index (χ0) is 18.4. The Hall–Kier alpha value is -2.56. The predicted molar refractivity (Wildman–Crippen MR) is 106 cm³/mol. The van der Waals surface area contributed by atoms with Crippen LogP contribution in [0.5, 0.6) is 0 Å². The lowest BCUT2D eigenvalue weighted by Gasteiger charge is -2.22. The molecule has 2 aromatic rings. The first-order chi connectivity index (χ1) is 12.7. The minimum atomic E-state index is -0.223. The smallest absolute Gasteiger partial charge is 0.191 e. The Bertz CT molecular complexity index is 753. The van der Waals surface area contributed by atoms with Crippen molar-refractivity contribution in [1.29, 1.82) is 0 Å². The molecule has 138 valence electrons. The summed E-state index contributed by atoms with van der Waals surface area (Å²) in [6.45, 7) is 4.93. The molecular weight excluding hydrogens is 327 g/mol. The minimum Gasteiger partial charge on any atom is -0.372 e. The van der Waals surface area contributed by atoms with Gasteiger partial charge in [-0.15, -0.1) is 0 Å². The summed E-state index contributed by atoms with van der Waals surface area (Å²) in [5.74, 6) is 0.479. The first-order valence-electron chi connectivity index (χ1n) is 9.22. The van der Waals surface area contributed by atoms with Crippen LogP contribution in [0.25, 0.3) is 0 Å². The van der Waals surface area contributed by atoms with Crippen LogP contribution in [0.15, 0.2) is 53.5 Å². The van der Waals surface area contributed by atoms with Crippen molar-refractivity contribution in [2.45, 2.75) is 32.4 Å². The Labute approximate surface area is 155 Å². The van der Waals surface area contributed by atoms with Crippen LogP contribution >= 0.6 is 0 Å². The number of anilines is 1. The van der Waals surface area contributed by atoms with Crippen LogP contribution in [0.3, 0.4) is 0 Å². The molecule has 0 aromatic heterocycles. The highest BCUT2D eigenvalue weighted by molar-refractivity contribution is 5.80. The highest BCUT2D eigenvalue weighted by Crippen LogP contribution is 2.23. The van der Waals surface area contributed by atoms with Crippen LogP contribution in [0, 0.1) is 5.82 Å². The molecular formula is C21H27FN4. The summed E-state index contributed by atoms with van der Waals surface area (Å²) in [4.78, 5) is 6.72. The zero-order valence-corrected chi connectivity index (χ0v) is 15.5. The Kier molecular flexibility index (Phi) is 6.10. The summed E-state index contributed by atoms with van der Waals surface area (Å²) in [7, 11) is 1.74. The van der Waals surface area contributed by atoms with Crippen molar-refractivity contribution in [1.82, 2.24) is 10.6 Å². The van der Waals surface area contributed by atoms with Gasteiger partial charge in [-0.1, -0.05) is 24.3 Å². The fraction of sp³-hybridized carbons (Fsp3) is 0.381. The van der Waals surface area contributed by atoms with E-state index in [1.54, 1.807) is 13.1 Å². The van der Waals surface area contributed by atoms with E-state index in [-0.39, 0.29) is 11.9 Å². The number of nitrogens with one attached hydrogen (secondary N) is 2. The normalized spacial score (nSPS) is 15.8. The molecule has 0 bridgehead atoms. The first-order valence-corrected chi connectivity index (χ1v) is 9.22. The standard InChI is InChI=1S/C21H27FN4/c1-16(18-8-6-10-20(14-18)26-11-3-4-12-26)25-21(23-2)24-15-17-7-5-9-19(22)13-17/h5-10,13-14,16H,3-4,11-12,15H2,1-2H3,(H2,23,24,25). The highest BCUT2D eigenvalue weighted by Gasteiger charge is 2.14. The largest absolute Gasteiger partial charge is 0.372 e. The number of guanidine groups is 1. The number of nitrogens with zero attached hydrogens (tertiary/aromatic N) is 2. The second kappa shape index (κ2) is 8.70. The van der Waals surface area contributed by atoms with Gasteiger partial charge < -0.3 is 15.5 Å². The maximum Gasteiger partial charge on any atom is 0.191 e. The minimum absolute atomic E-state index is 0.122. The third-order valence-electron chi connectivity index (χ3n) is 4.77. The number of halogens is 1. The van der Waals surface area contributed by atoms with Gasteiger partial charge in [-0.25, -0.2) is 4.39 Å². The van der Waals surface area contributed by atoms with Crippen LogP contribution in [0.4, 0.5) is 10.1 Å². The average molecular weight is 354 g/mol. The van der Waals surface area contributed by atoms with Gasteiger partial charge >= 0.3 is 0 Å². The molecule has 1 unspecified atom stereocenters. The molecule has 4 nitrogen and oxygen atoms in total. The van der Waals surface area contributed by atoms with E-state index in [0.717, 1.165) is 18.7 Å². The third kappa shape index (κ3) is 4.75. The second-order valence-corrected chi connectivity index (χ2v) is 6.71. The Balaban J connectivity index is 1.60. The molecule has 0 amide bonds. The van der Waals surface area contributed by atoms with Crippen molar-refractivity contribution in [2.24, 2.45) is 4.99 Å². The molecule has 0 radical (unpaired) electrons. The molecule has 26 heavy (non-hydrogen) atoms. The molecule has 1 aliphatic rings. The van der Waals surface area contributed by atoms with Crippen molar-refractivity contribution in [3.8, 4) is 0 Å². The van der Waals surface area contributed by atoms with E-state index >= 15 is 0 Å². The van der Waals surface area contributed by atoms with Crippen LogP contribution in [-0.2, 0) is 6.54 Å². The van der Waals surface area contributed by atoms with Crippen LogP contribution in [-0.4, -0.2) is 26.1 Å². The number of benzene rings is 2. The topological polar surface area (TPSA) is 39.7 Å². The summed E-state index contributed by atoms with van der Waals surface area (Å²) >= 11 is 0. The van der Waals surface area contributed by atoms with Gasteiger partial charge in [-0.2, -0.15) is 0 Å². The van der Waals surface area contributed by atoms with Gasteiger partial charge in [-0.05, 0) is 55.2 Å². The van der Waals surface area contributed by atoms with E-state index in [4.69, 9.17) is 0 Å². The number of rotatable bonds is 5. The molecule has 1 heterocycles. The number of hydrogen-bond acceptors (Lipinski definition) is 2. The lowest BCUT2D eigenvalue weighted by molar-refractivity contribution is 0.624. The summed E-state index contributed by atoms with van der Waals surface area (Å²) in [6, 6.07) is 15.4. The molecule has 5 heteroatoms. The quantitative estimate of drug-likeness (QED) is 0.633. The van der Waals surface area contributed by atoms with E-state index in [9.17, 15) is 4.39 Å². The maximum atomic E-state index is 13.3. The van der Waals surface area contributed by atoms with E-state index in [1.807, 2.05) is 6.07 Å². The summed E-state index contributed by atoms with van der Waals surface area (Å²) in [5.41, 5.74) is 3.40. The van der Waals surface area contributed by atoms with Gasteiger partial charge in [0.2, 0.25) is 0 Å². The molecule has 3 rings (SSSR count). The average Bonchev–Trinajstić information content (AvgIpc) is 3.20. The van der Waals surface area contributed by atoms with Gasteiger partial charge in [0.25, 0.3) is 0 Å². The summed E-state index contributed by atoms with van der Waals surface area (Å²) < 4.78 is 13.3. The molecule has 1 atom stereocenters. The van der Waals surface area contributed by atoms with E-state index in [1.165, 1.54) is 36.2 Å². The molecule has 0 saturated carbocycles. The van der Waals surface area contributed by atoms with Crippen molar-refractivity contribution in [3.63, 3.8) is 0 Å². The Morgan fingerprint density at radius 2 is 1.92 bits per heavy atom. The number of hydrogen-bond donors (Lipinski definition) is 2. The van der Waals surface area contributed by atoms with Crippen molar-refractivity contribution in [2.75, 3.05) is 25.0 Å². The van der Waals surface area contributed by atoms with E-state index < -0.39 is 0 Å². The molecule has 2 N–H and O–H groups in total. The summed E-state index contributed by atoms with van der Waals surface area (Å²) in [5, 5.41) is 6.66. The molecule has 2 aromatic carbocycles. The first kappa shape index (κ1) is 18.2. The highest BCUT2D eigenvalue weighted by atomic mass is 19.1.